The highest BCUT2D eigenvalue weighted by Crippen LogP contribution is 2.01. The highest BCUT2D eigenvalue weighted by atomic mass is 32.2. The molecule has 0 bridgehead atoms. The van der Waals surface area contributed by atoms with E-state index in [0.29, 0.717) is 6.54 Å². The molecule has 1 atom stereocenters. The third kappa shape index (κ3) is 6.70. The first kappa shape index (κ1) is 16.2. The van der Waals surface area contributed by atoms with Gasteiger partial charge in [-0.1, -0.05) is 0 Å². The van der Waals surface area contributed by atoms with E-state index in [1.807, 2.05) is 20.2 Å². The van der Waals surface area contributed by atoms with Crippen LogP contribution in [0.3, 0.4) is 0 Å². The number of thioether (sulfide) groups is 1. The van der Waals surface area contributed by atoms with Gasteiger partial charge >= 0.3 is 0 Å². The van der Waals surface area contributed by atoms with Crippen LogP contribution in [-0.4, -0.2) is 58.0 Å². The van der Waals surface area contributed by atoms with Crippen LogP contribution in [0, 0.1) is 0 Å². The maximum absolute atomic E-state index is 11.8. The molecule has 0 radical (unpaired) electrons. The van der Waals surface area contributed by atoms with Crippen molar-refractivity contribution in [3.05, 3.63) is 0 Å². The van der Waals surface area contributed by atoms with Gasteiger partial charge in [-0.3, -0.25) is 0 Å². The molecular weight excluding hydrogens is 246 g/mol. The molecule has 7 heteroatoms. The van der Waals surface area contributed by atoms with Crippen molar-refractivity contribution >= 4 is 22.0 Å². The van der Waals surface area contributed by atoms with E-state index in [1.165, 1.54) is 4.31 Å². The lowest BCUT2D eigenvalue weighted by Gasteiger charge is -2.20. The van der Waals surface area contributed by atoms with E-state index in [1.54, 1.807) is 18.8 Å². The Kier molecular flexibility index (Phi) is 8.39. The third-order valence-corrected chi connectivity index (χ3v) is 4.61. The van der Waals surface area contributed by atoms with Gasteiger partial charge in [-0.15, -0.1) is 0 Å². The van der Waals surface area contributed by atoms with Crippen molar-refractivity contribution in [2.75, 3.05) is 39.2 Å². The molecule has 0 aliphatic rings. The molecule has 16 heavy (non-hydrogen) atoms. The molecule has 2 N–H and O–H groups in total. The zero-order chi connectivity index (χ0) is 12.6. The van der Waals surface area contributed by atoms with Crippen molar-refractivity contribution in [3.8, 4) is 0 Å². The third-order valence-electron chi connectivity index (χ3n) is 2.08. The molecule has 0 fully saturated rings. The van der Waals surface area contributed by atoms with Gasteiger partial charge in [0.05, 0.1) is 0 Å². The fraction of sp³-hybridized carbons (Fsp3) is 1.00. The van der Waals surface area contributed by atoms with Crippen LogP contribution in [0.1, 0.15) is 13.3 Å². The van der Waals surface area contributed by atoms with Crippen molar-refractivity contribution in [2.24, 2.45) is 0 Å². The van der Waals surface area contributed by atoms with Crippen molar-refractivity contribution < 1.29 is 8.42 Å². The molecule has 0 spiro atoms. The van der Waals surface area contributed by atoms with Gasteiger partial charge in [0.1, 0.15) is 0 Å². The minimum absolute atomic E-state index is 0.0354. The molecule has 98 valence electrons. The quantitative estimate of drug-likeness (QED) is 0.584. The molecule has 0 amide bonds. The first-order valence-electron chi connectivity index (χ1n) is 5.31. The Bertz CT molecular complexity index is 270. The van der Waals surface area contributed by atoms with Gasteiger partial charge in [0, 0.05) is 25.4 Å². The predicted octanol–water partition coefficient (Wildman–Crippen LogP) is 0.114. The minimum Gasteiger partial charge on any atom is -0.320 e. The molecule has 1 unspecified atom stereocenters. The summed E-state index contributed by atoms with van der Waals surface area (Å²) >= 11 is 1.63. The van der Waals surface area contributed by atoms with E-state index in [9.17, 15) is 8.42 Å². The van der Waals surface area contributed by atoms with Crippen LogP contribution < -0.4 is 10.0 Å². The van der Waals surface area contributed by atoms with Crippen molar-refractivity contribution in [2.45, 2.75) is 19.4 Å². The first-order chi connectivity index (χ1) is 7.44. The van der Waals surface area contributed by atoms with Crippen molar-refractivity contribution in [1.29, 1.82) is 0 Å². The molecule has 5 nitrogen and oxygen atoms in total. The average Bonchev–Trinajstić information content (AvgIpc) is 2.17. The van der Waals surface area contributed by atoms with Crippen LogP contribution in [-0.2, 0) is 10.2 Å². The van der Waals surface area contributed by atoms with E-state index in [-0.39, 0.29) is 6.04 Å². The van der Waals surface area contributed by atoms with Crippen molar-refractivity contribution in [1.82, 2.24) is 14.3 Å². The number of hydrogen-bond donors (Lipinski definition) is 2. The summed E-state index contributed by atoms with van der Waals surface area (Å²) in [4.78, 5) is 0. The lowest BCUT2D eigenvalue weighted by molar-refractivity contribution is 0.443. The lowest BCUT2D eigenvalue weighted by Crippen LogP contribution is -2.44. The normalized spacial score (nSPS) is 14.3. The average molecular weight is 269 g/mol. The maximum Gasteiger partial charge on any atom is 0.279 e. The summed E-state index contributed by atoms with van der Waals surface area (Å²) in [5.74, 6) is 0.781. The Hall–Kier alpha value is 0.180. The van der Waals surface area contributed by atoms with Gasteiger partial charge in [0.15, 0.2) is 0 Å². The Morgan fingerprint density at radius 1 is 1.44 bits per heavy atom. The first-order valence-corrected chi connectivity index (χ1v) is 8.14. The van der Waals surface area contributed by atoms with Crippen LogP contribution >= 0.6 is 11.8 Å². The summed E-state index contributed by atoms with van der Waals surface area (Å²) in [5.41, 5.74) is 0. The molecule has 0 rings (SSSR count). The SMILES string of the molecule is CNCCCN(C)S(=O)(=O)NC(C)CSC. The Labute approximate surface area is 104 Å². The standard InChI is InChI=1S/C9H23N3O2S2/c1-9(8-15-4)11-16(13,14)12(3)7-5-6-10-2/h9-11H,5-8H2,1-4H3. The summed E-state index contributed by atoms with van der Waals surface area (Å²) in [6.07, 6.45) is 2.77. The van der Waals surface area contributed by atoms with Gasteiger partial charge in [-0.25, -0.2) is 0 Å². The second-order valence-electron chi connectivity index (χ2n) is 3.76. The van der Waals surface area contributed by atoms with Crippen molar-refractivity contribution in [3.63, 3.8) is 0 Å². The number of hydrogen-bond acceptors (Lipinski definition) is 4. The zero-order valence-electron chi connectivity index (χ0n) is 10.5. The van der Waals surface area contributed by atoms with Crippen LogP contribution in [0.25, 0.3) is 0 Å². The lowest BCUT2D eigenvalue weighted by atomic mass is 10.4. The summed E-state index contributed by atoms with van der Waals surface area (Å²) in [6, 6.07) is -0.0354. The maximum atomic E-state index is 11.8. The summed E-state index contributed by atoms with van der Waals surface area (Å²) in [7, 11) is 0.135. The van der Waals surface area contributed by atoms with E-state index in [4.69, 9.17) is 0 Å². The van der Waals surface area contributed by atoms with Gasteiger partial charge in [0.2, 0.25) is 0 Å². The molecule has 0 saturated carbocycles. The van der Waals surface area contributed by atoms with E-state index >= 15 is 0 Å². The summed E-state index contributed by atoms with van der Waals surface area (Å²) < 4.78 is 27.6. The fourth-order valence-corrected chi connectivity index (χ4v) is 3.06. The Morgan fingerprint density at radius 2 is 2.06 bits per heavy atom. The minimum atomic E-state index is -3.32. The van der Waals surface area contributed by atoms with E-state index in [0.717, 1.165) is 18.7 Å². The number of nitrogens with one attached hydrogen (secondary N) is 2. The fourth-order valence-electron chi connectivity index (χ4n) is 1.23. The summed E-state index contributed by atoms with van der Waals surface area (Å²) in [5, 5.41) is 2.99. The molecular formula is C9H23N3O2S2. The second kappa shape index (κ2) is 8.30. The summed E-state index contributed by atoms with van der Waals surface area (Å²) in [6.45, 7) is 3.22. The Morgan fingerprint density at radius 3 is 2.56 bits per heavy atom. The van der Waals surface area contributed by atoms with Crippen LogP contribution in [0.4, 0.5) is 0 Å². The van der Waals surface area contributed by atoms with E-state index in [2.05, 4.69) is 10.0 Å². The van der Waals surface area contributed by atoms with Crippen LogP contribution in [0.15, 0.2) is 0 Å². The zero-order valence-corrected chi connectivity index (χ0v) is 12.1. The largest absolute Gasteiger partial charge is 0.320 e. The molecule has 0 saturated heterocycles. The van der Waals surface area contributed by atoms with Gasteiger partial charge in [-0.05, 0) is 33.2 Å². The van der Waals surface area contributed by atoms with Crippen LogP contribution in [0.5, 0.6) is 0 Å². The smallest absolute Gasteiger partial charge is 0.279 e. The van der Waals surface area contributed by atoms with Crippen LogP contribution in [0.2, 0.25) is 0 Å². The molecule has 0 heterocycles. The molecule has 0 aromatic rings. The highest BCUT2D eigenvalue weighted by molar-refractivity contribution is 7.98. The monoisotopic (exact) mass is 269 g/mol. The van der Waals surface area contributed by atoms with E-state index < -0.39 is 10.2 Å². The predicted molar refractivity (Wildman–Crippen MR) is 71.1 cm³/mol. The molecule has 0 aliphatic carbocycles. The topological polar surface area (TPSA) is 61.4 Å². The number of rotatable bonds is 9. The second-order valence-corrected chi connectivity index (χ2v) is 6.48. The Balaban J connectivity index is 4.10. The molecule has 0 aromatic carbocycles. The van der Waals surface area contributed by atoms with Gasteiger partial charge in [-0.2, -0.15) is 29.2 Å². The highest BCUT2D eigenvalue weighted by Gasteiger charge is 2.19. The van der Waals surface area contributed by atoms with Gasteiger partial charge < -0.3 is 5.32 Å². The molecule has 0 aromatic heterocycles. The van der Waals surface area contributed by atoms with Gasteiger partial charge in [0.25, 0.3) is 10.2 Å². The molecule has 0 aliphatic heterocycles. The number of nitrogens with zero attached hydrogens (tertiary/aromatic N) is 1.